The van der Waals surface area contributed by atoms with Crippen molar-refractivity contribution in [3.05, 3.63) is 17.4 Å². The predicted molar refractivity (Wildman–Crippen MR) is 47.1 cm³/mol. The number of nitrogens with zero attached hydrogens (tertiary/aromatic N) is 1. The van der Waals surface area contributed by atoms with Crippen molar-refractivity contribution < 1.29 is 3.17 Å². The molecule has 0 fully saturated rings. The molecule has 0 aliphatic heterocycles. The van der Waals surface area contributed by atoms with Gasteiger partial charge in [-0.15, -0.1) is 0 Å². The molecule has 0 saturated heterocycles. The lowest BCUT2D eigenvalue weighted by Gasteiger charge is -2.33. The molecule has 0 spiro atoms. The van der Waals surface area contributed by atoms with Crippen LogP contribution in [-0.4, -0.2) is 11.3 Å². The van der Waals surface area contributed by atoms with Gasteiger partial charge in [0.25, 0.3) is 0 Å². The molecule has 3 nitrogen and oxygen atoms in total. The SMILES string of the molecule is [O-]N(OI)C1CC=CCC1. The van der Waals surface area contributed by atoms with Gasteiger partial charge in [0, 0.05) is 6.04 Å². The summed E-state index contributed by atoms with van der Waals surface area (Å²) in [6, 6.07) is 0.0295. The van der Waals surface area contributed by atoms with E-state index in [1.807, 2.05) is 6.08 Å². The molecular formula is C6H9INO2-. The molecule has 58 valence electrons. The molecule has 1 aliphatic rings. The largest absolute Gasteiger partial charge is 0.761 e. The van der Waals surface area contributed by atoms with Crippen LogP contribution in [0.3, 0.4) is 0 Å². The lowest BCUT2D eigenvalue weighted by Crippen LogP contribution is -2.28. The van der Waals surface area contributed by atoms with Gasteiger partial charge in [0.2, 0.25) is 0 Å². The van der Waals surface area contributed by atoms with E-state index in [1.165, 1.54) is 0 Å². The second-order valence-corrected chi connectivity index (χ2v) is 2.69. The molecule has 1 aliphatic carbocycles. The molecule has 1 rings (SSSR count). The molecule has 0 saturated carbocycles. The van der Waals surface area contributed by atoms with Crippen molar-refractivity contribution in [2.75, 3.05) is 0 Å². The smallest absolute Gasteiger partial charge is 0.135 e. The van der Waals surface area contributed by atoms with Crippen molar-refractivity contribution in [2.24, 2.45) is 0 Å². The van der Waals surface area contributed by atoms with Gasteiger partial charge in [0.1, 0.15) is 23.0 Å². The third kappa shape index (κ3) is 2.19. The monoisotopic (exact) mass is 254 g/mol. The molecule has 0 radical (unpaired) electrons. The van der Waals surface area contributed by atoms with Crippen LogP contribution in [0.1, 0.15) is 19.3 Å². The van der Waals surface area contributed by atoms with Crippen LogP contribution < -0.4 is 0 Å². The lowest BCUT2D eigenvalue weighted by molar-refractivity contribution is -0.00194. The molecule has 0 aromatic heterocycles. The summed E-state index contributed by atoms with van der Waals surface area (Å²) in [6.45, 7) is 0. The summed E-state index contributed by atoms with van der Waals surface area (Å²) < 4.78 is 4.50. The Bertz CT molecular complexity index is 129. The van der Waals surface area contributed by atoms with Crippen LogP contribution in [0.5, 0.6) is 0 Å². The fraction of sp³-hybridized carbons (Fsp3) is 0.667. The van der Waals surface area contributed by atoms with Crippen molar-refractivity contribution in [3.8, 4) is 0 Å². The average molecular weight is 254 g/mol. The summed E-state index contributed by atoms with van der Waals surface area (Å²) in [4.78, 5) is 0. The van der Waals surface area contributed by atoms with Crippen LogP contribution in [0, 0.1) is 5.21 Å². The Kier molecular flexibility index (Phi) is 3.61. The number of rotatable bonds is 2. The van der Waals surface area contributed by atoms with Gasteiger partial charge in [-0.3, -0.25) is 0 Å². The van der Waals surface area contributed by atoms with E-state index in [1.54, 1.807) is 23.0 Å². The Morgan fingerprint density at radius 3 is 2.90 bits per heavy atom. The highest BCUT2D eigenvalue weighted by Gasteiger charge is 2.10. The third-order valence-corrected chi connectivity index (χ3v) is 2.00. The zero-order valence-corrected chi connectivity index (χ0v) is 7.65. The summed E-state index contributed by atoms with van der Waals surface area (Å²) in [5.41, 5.74) is 0. The van der Waals surface area contributed by atoms with Crippen molar-refractivity contribution in [1.29, 1.82) is 0 Å². The Labute approximate surface area is 74.3 Å². The van der Waals surface area contributed by atoms with Gasteiger partial charge in [0.15, 0.2) is 0 Å². The highest BCUT2D eigenvalue weighted by molar-refractivity contribution is 14.1. The Hall–Kier alpha value is 0.350. The molecule has 0 heterocycles. The first-order chi connectivity index (χ1) is 4.84. The Morgan fingerprint density at radius 1 is 1.60 bits per heavy atom. The molecule has 0 aromatic rings. The van der Waals surface area contributed by atoms with Crippen molar-refractivity contribution >= 4 is 23.0 Å². The minimum absolute atomic E-state index is 0.0295. The van der Waals surface area contributed by atoms with E-state index in [-0.39, 0.29) is 6.04 Å². The molecule has 4 heteroatoms. The molecule has 0 amide bonds. The summed E-state index contributed by atoms with van der Waals surface area (Å²) >= 11 is 1.61. The highest BCUT2D eigenvalue weighted by Crippen LogP contribution is 2.17. The number of hydrogen-bond acceptors (Lipinski definition) is 3. The first-order valence-electron chi connectivity index (χ1n) is 3.24. The quantitative estimate of drug-likeness (QED) is 0.430. The summed E-state index contributed by atoms with van der Waals surface area (Å²) in [7, 11) is 0. The molecule has 10 heavy (non-hydrogen) atoms. The lowest BCUT2D eigenvalue weighted by atomic mass is 10.0. The van der Waals surface area contributed by atoms with Crippen LogP contribution in [0.2, 0.25) is 0 Å². The van der Waals surface area contributed by atoms with Crippen molar-refractivity contribution in [3.63, 3.8) is 0 Å². The van der Waals surface area contributed by atoms with E-state index in [9.17, 15) is 5.21 Å². The van der Waals surface area contributed by atoms with Gasteiger partial charge >= 0.3 is 0 Å². The maximum absolute atomic E-state index is 10.8. The fourth-order valence-electron chi connectivity index (χ4n) is 1.03. The third-order valence-electron chi connectivity index (χ3n) is 1.61. The van der Waals surface area contributed by atoms with Gasteiger partial charge in [-0.05, 0) is 19.3 Å². The topological polar surface area (TPSA) is 35.5 Å². The second kappa shape index (κ2) is 4.27. The molecule has 0 bridgehead atoms. The Balaban J connectivity index is 2.33. The summed E-state index contributed by atoms with van der Waals surface area (Å²) in [5, 5.41) is 11.5. The second-order valence-electron chi connectivity index (χ2n) is 2.29. The van der Waals surface area contributed by atoms with E-state index in [0.29, 0.717) is 5.23 Å². The minimum atomic E-state index is 0.0295. The van der Waals surface area contributed by atoms with Crippen LogP contribution in [0.25, 0.3) is 0 Å². The van der Waals surface area contributed by atoms with Crippen LogP contribution in [0.15, 0.2) is 12.2 Å². The normalized spacial score (nSPS) is 25.7. The van der Waals surface area contributed by atoms with E-state index in [2.05, 4.69) is 9.24 Å². The summed E-state index contributed by atoms with van der Waals surface area (Å²) in [6.07, 6.45) is 6.82. The zero-order valence-electron chi connectivity index (χ0n) is 5.50. The predicted octanol–water partition coefficient (Wildman–Crippen LogP) is 2.18. The number of hydroxylamine groups is 2. The molecule has 0 N–H and O–H groups in total. The van der Waals surface area contributed by atoms with Gasteiger partial charge in [-0.25, -0.2) is 8.39 Å². The van der Waals surface area contributed by atoms with Crippen LogP contribution >= 0.6 is 23.0 Å². The van der Waals surface area contributed by atoms with Crippen LogP contribution in [0.4, 0.5) is 0 Å². The maximum Gasteiger partial charge on any atom is 0.135 e. The standard InChI is InChI=1S/C6H9INO2/c7-10-8(9)6-4-2-1-3-5-6/h1-2,6H,3-5H2/q-1. The average Bonchev–Trinajstić information content (AvgIpc) is 2.05. The highest BCUT2D eigenvalue weighted by atomic mass is 127. The number of hydrogen-bond donors (Lipinski definition) is 0. The van der Waals surface area contributed by atoms with E-state index in [0.717, 1.165) is 19.3 Å². The molecule has 0 aromatic carbocycles. The summed E-state index contributed by atoms with van der Waals surface area (Å²) in [5.74, 6) is 0. The number of allylic oxidation sites excluding steroid dienone is 1. The maximum atomic E-state index is 10.8. The van der Waals surface area contributed by atoms with E-state index < -0.39 is 0 Å². The van der Waals surface area contributed by atoms with Gasteiger partial charge < -0.3 is 5.21 Å². The van der Waals surface area contributed by atoms with Crippen molar-refractivity contribution in [1.82, 2.24) is 5.23 Å². The van der Waals surface area contributed by atoms with Gasteiger partial charge in [0.05, 0.1) is 0 Å². The fourth-order valence-corrected chi connectivity index (χ4v) is 1.35. The van der Waals surface area contributed by atoms with E-state index >= 15 is 0 Å². The zero-order chi connectivity index (χ0) is 7.40. The Morgan fingerprint density at radius 2 is 2.40 bits per heavy atom. The molecule has 1 unspecified atom stereocenters. The van der Waals surface area contributed by atoms with Crippen molar-refractivity contribution in [2.45, 2.75) is 25.3 Å². The first-order valence-corrected chi connectivity index (χ1v) is 4.12. The first kappa shape index (κ1) is 8.45. The van der Waals surface area contributed by atoms with Crippen LogP contribution in [-0.2, 0) is 3.17 Å². The molecule has 1 atom stereocenters. The van der Waals surface area contributed by atoms with Gasteiger partial charge in [-0.2, -0.15) is 0 Å². The molecular weight excluding hydrogens is 245 g/mol. The van der Waals surface area contributed by atoms with E-state index in [4.69, 9.17) is 0 Å². The minimum Gasteiger partial charge on any atom is -0.761 e. The van der Waals surface area contributed by atoms with Gasteiger partial charge in [-0.1, -0.05) is 12.2 Å². The number of halogens is 1.